The summed E-state index contributed by atoms with van der Waals surface area (Å²) in [5.74, 6) is 0. The van der Waals surface area contributed by atoms with E-state index in [1.165, 1.54) is 50.9 Å². The number of nitrogens with zero attached hydrogens (tertiary/aromatic N) is 1. The Kier molecular flexibility index (Phi) is 5.51. The summed E-state index contributed by atoms with van der Waals surface area (Å²) in [6, 6.07) is 11.4. The van der Waals surface area contributed by atoms with Crippen molar-refractivity contribution in [1.29, 1.82) is 0 Å². The molecule has 0 amide bonds. The minimum absolute atomic E-state index is 0.0386. The van der Waals surface area contributed by atoms with E-state index in [0.29, 0.717) is 12.6 Å². The number of rotatable bonds is 6. The van der Waals surface area contributed by atoms with E-state index in [4.69, 9.17) is 0 Å². The Labute approximate surface area is 134 Å². The molecule has 22 heavy (non-hydrogen) atoms. The molecule has 122 valence electrons. The highest BCUT2D eigenvalue weighted by molar-refractivity contribution is 5.14. The van der Waals surface area contributed by atoms with E-state index >= 15 is 0 Å². The molecule has 1 aliphatic carbocycles. The molecular formula is C19H30N2O. The van der Waals surface area contributed by atoms with Gasteiger partial charge in [0, 0.05) is 18.1 Å². The van der Waals surface area contributed by atoms with E-state index in [1.54, 1.807) is 0 Å². The minimum atomic E-state index is 0.0386. The number of aliphatic hydroxyl groups excluding tert-OH is 1. The van der Waals surface area contributed by atoms with E-state index in [1.807, 2.05) is 0 Å². The molecule has 1 heterocycles. The number of piperidine rings is 1. The molecule has 0 spiro atoms. The van der Waals surface area contributed by atoms with Crippen LogP contribution >= 0.6 is 0 Å². The summed E-state index contributed by atoms with van der Waals surface area (Å²) < 4.78 is 0. The van der Waals surface area contributed by atoms with Gasteiger partial charge in [0.05, 0.1) is 6.61 Å². The predicted molar refractivity (Wildman–Crippen MR) is 91.0 cm³/mol. The van der Waals surface area contributed by atoms with Gasteiger partial charge in [-0.1, -0.05) is 43.2 Å². The summed E-state index contributed by atoms with van der Waals surface area (Å²) in [6.45, 7) is 3.85. The standard InChI is InChI=1S/C19H30N2O/c22-16-19(11-4-5-12-19)20-18-9-14-21(15-10-18)13-8-17-6-2-1-3-7-17/h1-3,6-7,18,20,22H,4-5,8-16H2. The van der Waals surface area contributed by atoms with Crippen LogP contribution in [-0.4, -0.2) is 47.8 Å². The Morgan fingerprint density at radius 3 is 2.41 bits per heavy atom. The molecule has 0 unspecified atom stereocenters. The van der Waals surface area contributed by atoms with Crippen LogP contribution in [0.2, 0.25) is 0 Å². The molecule has 1 aromatic carbocycles. The fourth-order valence-electron chi connectivity index (χ4n) is 4.07. The number of hydrogen-bond donors (Lipinski definition) is 2. The fourth-order valence-corrected chi connectivity index (χ4v) is 4.07. The molecule has 3 rings (SSSR count). The molecule has 3 nitrogen and oxygen atoms in total. The van der Waals surface area contributed by atoms with E-state index in [9.17, 15) is 5.11 Å². The van der Waals surface area contributed by atoms with E-state index in [-0.39, 0.29) is 5.54 Å². The molecular weight excluding hydrogens is 272 g/mol. The van der Waals surface area contributed by atoms with Crippen molar-refractivity contribution in [3.63, 3.8) is 0 Å². The number of benzene rings is 1. The van der Waals surface area contributed by atoms with Gasteiger partial charge >= 0.3 is 0 Å². The summed E-state index contributed by atoms with van der Waals surface area (Å²) in [7, 11) is 0. The Morgan fingerprint density at radius 1 is 1.09 bits per heavy atom. The van der Waals surface area contributed by atoms with Crippen molar-refractivity contribution in [3.05, 3.63) is 35.9 Å². The zero-order valence-electron chi connectivity index (χ0n) is 13.6. The first kappa shape index (κ1) is 16.0. The molecule has 1 saturated heterocycles. The van der Waals surface area contributed by atoms with Gasteiger partial charge in [0.25, 0.3) is 0 Å². The number of hydrogen-bond acceptors (Lipinski definition) is 3. The van der Waals surface area contributed by atoms with Crippen LogP contribution in [-0.2, 0) is 6.42 Å². The molecule has 0 aromatic heterocycles. The Morgan fingerprint density at radius 2 is 1.77 bits per heavy atom. The van der Waals surface area contributed by atoms with Gasteiger partial charge in [0.15, 0.2) is 0 Å². The lowest BCUT2D eigenvalue weighted by molar-refractivity contribution is 0.122. The molecule has 0 radical (unpaired) electrons. The maximum atomic E-state index is 9.74. The van der Waals surface area contributed by atoms with E-state index < -0.39 is 0 Å². The first-order valence-corrected chi connectivity index (χ1v) is 8.94. The Hall–Kier alpha value is -0.900. The third-order valence-corrected chi connectivity index (χ3v) is 5.52. The lowest BCUT2D eigenvalue weighted by Gasteiger charge is -2.38. The second-order valence-electron chi connectivity index (χ2n) is 7.14. The molecule has 3 heteroatoms. The lowest BCUT2D eigenvalue weighted by atomic mass is 9.94. The van der Waals surface area contributed by atoms with Crippen molar-refractivity contribution in [2.45, 2.75) is 56.5 Å². The maximum Gasteiger partial charge on any atom is 0.0613 e. The van der Waals surface area contributed by atoms with Gasteiger partial charge in [-0.15, -0.1) is 0 Å². The van der Waals surface area contributed by atoms with Gasteiger partial charge < -0.3 is 15.3 Å². The van der Waals surface area contributed by atoms with Crippen LogP contribution in [0.5, 0.6) is 0 Å². The van der Waals surface area contributed by atoms with Gasteiger partial charge in [0.1, 0.15) is 0 Å². The van der Waals surface area contributed by atoms with Crippen LogP contribution in [0.4, 0.5) is 0 Å². The Bertz CT molecular complexity index is 434. The highest BCUT2D eigenvalue weighted by atomic mass is 16.3. The van der Waals surface area contributed by atoms with Crippen LogP contribution in [0.25, 0.3) is 0 Å². The van der Waals surface area contributed by atoms with Crippen molar-refractivity contribution in [3.8, 4) is 0 Å². The maximum absolute atomic E-state index is 9.74. The summed E-state index contributed by atoms with van der Waals surface area (Å²) in [6.07, 6.45) is 8.43. The number of nitrogens with one attached hydrogen (secondary N) is 1. The van der Waals surface area contributed by atoms with Crippen molar-refractivity contribution in [2.75, 3.05) is 26.2 Å². The second kappa shape index (κ2) is 7.58. The molecule has 1 saturated carbocycles. The highest BCUT2D eigenvalue weighted by Crippen LogP contribution is 2.30. The fraction of sp³-hybridized carbons (Fsp3) is 0.684. The van der Waals surface area contributed by atoms with Gasteiger partial charge in [-0.3, -0.25) is 0 Å². The normalized spacial score (nSPS) is 23.0. The van der Waals surface area contributed by atoms with Gasteiger partial charge in [0.2, 0.25) is 0 Å². The number of likely N-dealkylation sites (tertiary alicyclic amines) is 1. The van der Waals surface area contributed by atoms with Crippen LogP contribution < -0.4 is 5.32 Å². The van der Waals surface area contributed by atoms with Crippen molar-refractivity contribution >= 4 is 0 Å². The van der Waals surface area contributed by atoms with Crippen LogP contribution in [0.1, 0.15) is 44.1 Å². The molecule has 1 aromatic rings. The van der Waals surface area contributed by atoms with Crippen molar-refractivity contribution < 1.29 is 5.11 Å². The molecule has 1 aliphatic heterocycles. The van der Waals surface area contributed by atoms with E-state index in [2.05, 4.69) is 40.5 Å². The summed E-state index contributed by atoms with van der Waals surface area (Å²) >= 11 is 0. The zero-order chi connectivity index (χ0) is 15.3. The Balaban J connectivity index is 1.40. The first-order chi connectivity index (χ1) is 10.8. The zero-order valence-corrected chi connectivity index (χ0v) is 13.6. The first-order valence-electron chi connectivity index (χ1n) is 8.94. The number of aliphatic hydroxyl groups is 1. The molecule has 0 atom stereocenters. The molecule has 2 fully saturated rings. The summed E-state index contributed by atoms with van der Waals surface area (Å²) in [5, 5.41) is 13.5. The monoisotopic (exact) mass is 302 g/mol. The van der Waals surface area contributed by atoms with E-state index in [0.717, 1.165) is 19.3 Å². The summed E-state index contributed by atoms with van der Waals surface area (Å²) in [4.78, 5) is 2.59. The highest BCUT2D eigenvalue weighted by Gasteiger charge is 2.35. The van der Waals surface area contributed by atoms with Gasteiger partial charge in [-0.2, -0.15) is 0 Å². The van der Waals surface area contributed by atoms with Crippen LogP contribution in [0, 0.1) is 0 Å². The molecule has 2 aliphatic rings. The van der Waals surface area contributed by atoms with Gasteiger partial charge in [-0.05, 0) is 50.8 Å². The third kappa shape index (κ3) is 4.09. The predicted octanol–water partition coefficient (Wildman–Crippen LogP) is 2.59. The lowest BCUT2D eigenvalue weighted by Crippen LogP contribution is -2.54. The average molecular weight is 302 g/mol. The molecule has 2 N–H and O–H groups in total. The third-order valence-electron chi connectivity index (χ3n) is 5.52. The minimum Gasteiger partial charge on any atom is -0.394 e. The largest absolute Gasteiger partial charge is 0.394 e. The SMILES string of the molecule is OCC1(NC2CCN(CCc3ccccc3)CC2)CCCC1. The second-order valence-corrected chi connectivity index (χ2v) is 7.14. The van der Waals surface area contributed by atoms with Crippen molar-refractivity contribution in [1.82, 2.24) is 10.2 Å². The van der Waals surface area contributed by atoms with Crippen molar-refractivity contribution in [2.24, 2.45) is 0 Å². The van der Waals surface area contributed by atoms with Crippen LogP contribution in [0.3, 0.4) is 0 Å². The summed E-state index contributed by atoms with van der Waals surface area (Å²) in [5.41, 5.74) is 1.48. The topological polar surface area (TPSA) is 35.5 Å². The van der Waals surface area contributed by atoms with Gasteiger partial charge in [-0.25, -0.2) is 0 Å². The smallest absolute Gasteiger partial charge is 0.0613 e. The molecule has 0 bridgehead atoms. The average Bonchev–Trinajstić information content (AvgIpc) is 3.04. The van der Waals surface area contributed by atoms with Crippen LogP contribution in [0.15, 0.2) is 30.3 Å². The quantitative estimate of drug-likeness (QED) is 0.848.